The van der Waals surface area contributed by atoms with Gasteiger partial charge < -0.3 is 54.8 Å². The van der Waals surface area contributed by atoms with Crippen LogP contribution in [0.25, 0.3) is 11.1 Å². The molecule has 2 unspecified atom stereocenters. The first-order valence-corrected chi connectivity index (χ1v) is 44.9. The SMILES string of the molecule is C=CCOP(=O)(OCCN)OC[C@@H](COCC[C@@H](CCCCCCC)OC(=O)CCCCCCCCCCC)NC(=O)OC(C)(C)C.C=CCOP(=O)(OCCNC(=O)OCC1c2ccccc2-c2ccccc21)OC[C@@H](COCC[C@@H](CCCCCCC)OC(=O)CCCCCCCCCCC)NC(=O)OC(C)(C)C. The van der Waals surface area contributed by atoms with E-state index in [-0.39, 0.29) is 109 Å². The molecule has 0 bridgehead atoms. The quantitative estimate of drug-likeness (QED) is 0.0157. The van der Waals surface area contributed by atoms with E-state index in [0.29, 0.717) is 32.3 Å². The number of alkyl carbamates (subject to hydrolysis) is 3. The maximum atomic E-state index is 13.7. The first kappa shape index (κ1) is 102. The Kier molecular flexibility index (Phi) is 57.8. The van der Waals surface area contributed by atoms with Gasteiger partial charge in [0.25, 0.3) is 0 Å². The number of hydrogen-bond acceptors (Lipinski definition) is 21. The third-order valence-corrected chi connectivity index (χ3v) is 20.8. The first-order valence-electron chi connectivity index (χ1n) is 42.0. The van der Waals surface area contributed by atoms with Crippen molar-refractivity contribution in [2.75, 3.05) is 85.8 Å². The largest absolute Gasteiger partial charge is 0.475 e. The van der Waals surface area contributed by atoms with Gasteiger partial charge in [-0.1, -0.05) is 242 Å². The van der Waals surface area contributed by atoms with Crippen LogP contribution >= 0.6 is 15.6 Å². The Morgan fingerprint density at radius 3 is 1.18 bits per heavy atom. The zero-order chi connectivity index (χ0) is 81.7. The highest BCUT2D eigenvalue weighted by atomic mass is 31.2. The summed E-state index contributed by atoms with van der Waals surface area (Å²) in [7, 11) is -8.18. The molecular weight excluding hydrogens is 1460 g/mol. The van der Waals surface area contributed by atoms with Gasteiger partial charge in [-0.15, -0.1) is 13.2 Å². The molecule has 24 nitrogen and oxygen atoms in total. The maximum absolute atomic E-state index is 13.7. The molecule has 5 N–H and O–H groups in total. The van der Waals surface area contributed by atoms with Gasteiger partial charge >= 0.3 is 45.9 Å². The maximum Gasteiger partial charge on any atom is 0.475 e. The van der Waals surface area contributed by atoms with Crippen LogP contribution in [0, 0.1) is 0 Å². The number of hydrogen-bond donors (Lipinski definition) is 4. The van der Waals surface area contributed by atoms with E-state index in [1.54, 1.807) is 41.5 Å². The number of unbranched alkanes of at least 4 members (excludes halogenated alkanes) is 24. The molecule has 26 heteroatoms. The van der Waals surface area contributed by atoms with Gasteiger partial charge in [0, 0.05) is 44.7 Å². The molecule has 638 valence electrons. The van der Waals surface area contributed by atoms with Crippen molar-refractivity contribution < 1.29 is 93.4 Å². The fraction of sp³-hybridized carbons (Fsp3) is 0.753. The van der Waals surface area contributed by atoms with Crippen LogP contribution in [0.15, 0.2) is 73.8 Å². The highest BCUT2D eigenvalue weighted by molar-refractivity contribution is 7.48. The van der Waals surface area contributed by atoms with Crippen LogP contribution in [-0.2, 0) is 79.0 Å². The second-order valence-electron chi connectivity index (χ2n) is 30.6. The molecule has 0 heterocycles. The van der Waals surface area contributed by atoms with Crippen molar-refractivity contribution in [3.8, 4) is 11.1 Å². The molecule has 2 aromatic rings. The number of carbonyl (C=O) groups is 5. The summed E-state index contributed by atoms with van der Waals surface area (Å²) in [5, 5.41) is 8.08. The lowest BCUT2D eigenvalue weighted by atomic mass is 9.98. The Labute approximate surface area is 668 Å². The summed E-state index contributed by atoms with van der Waals surface area (Å²) in [6.07, 6.45) is 36.1. The summed E-state index contributed by atoms with van der Waals surface area (Å²) in [4.78, 5) is 63.7. The van der Waals surface area contributed by atoms with E-state index in [2.05, 4.69) is 68.9 Å². The number of rotatable bonds is 67. The van der Waals surface area contributed by atoms with Crippen molar-refractivity contribution in [1.29, 1.82) is 0 Å². The van der Waals surface area contributed by atoms with Crippen LogP contribution in [0.4, 0.5) is 14.4 Å². The number of ether oxygens (including phenoxy) is 7. The second-order valence-corrected chi connectivity index (χ2v) is 33.9. The van der Waals surface area contributed by atoms with Crippen molar-refractivity contribution in [3.63, 3.8) is 0 Å². The van der Waals surface area contributed by atoms with Crippen molar-refractivity contribution in [2.45, 2.75) is 329 Å². The summed E-state index contributed by atoms with van der Waals surface area (Å²) in [5.41, 5.74) is 8.44. The predicted octanol–water partition coefficient (Wildman–Crippen LogP) is 21.1. The Balaban J connectivity index is 0.000000793. The molecule has 0 spiro atoms. The second kappa shape index (κ2) is 63.0. The highest BCUT2D eigenvalue weighted by Gasteiger charge is 2.33. The van der Waals surface area contributed by atoms with Crippen molar-refractivity contribution in [3.05, 3.63) is 85.0 Å². The smallest absolute Gasteiger partial charge is 0.462 e. The van der Waals surface area contributed by atoms with Gasteiger partial charge in [-0.2, -0.15) is 0 Å². The highest BCUT2D eigenvalue weighted by Crippen LogP contribution is 2.50. The van der Waals surface area contributed by atoms with Crippen molar-refractivity contribution in [2.24, 2.45) is 5.73 Å². The fourth-order valence-electron chi connectivity index (χ4n) is 12.2. The van der Waals surface area contributed by atoms with Crippen LogP contribution in [0.5, 0.6) is 0 Å². The lowest BCUT2D eigenvalue weighted by Crippen LogP contribution is -2.44. The molecule has 0 radical (unpaired) electrons. The average molecular weight is 1610 g/mol. The minimum absolute atomic E-state index is 0.0281. The molecule has 1 aliphatic rings. The number of esters is 2. The molecular formula is C85H148N4O20P2. The van der Waals surface area contributed by atoms with Gasteiger partial charge in [0.05, 0.1) is 78.2 Å². The first-order chi connectivity index (χ1) is 53.4. The summed E-state index contributed by atoms with van der Waals surface area (Å²) in [6, 6.07) is 14.6. The Morgan fingerprint density at radius 1 is 0.450 bits per heavy atom. The molecule has 6 atom stereocenters. The van der Waals surface area contributed by atoms with Gasteiger partial charge in [-0.3, -0.25) is 36.7 Å². The van der Waals surface area contributed by atoms with Crippen LogP contribution in [-0.4, -0.2) is 151 Å². The van der Waals surface area contributed by atoms with Gasteiger partial charge in [-0.25, -0.2) is 23.5 Å². The molecule has 0 saturated heterocycles. The minimum atomic E-state index is -4.22. The Morgan fingerprint density at radius 2 is 0.811 bits per heavy atom. The number of fused-ring (bicyclic) bond motifs is 3. The zero-order valence-corrected chi connectivity index (χ0v) is 71.7. The summed E-state index contributed by atoms with van der Waals surface area (Å²) >= 11 is 0. The molecule has 0 aromatic heterocycles. The number of nitrogens with two attached hydrogens (primary N) is 1. The van der Waals surface area contributed by atoms with E-state index >= 15 is 0 Å². The van der Waals surface area contributed by atoms with Crippen LogP contribution in [0.2, 0.25) is 0 Å². The van der Waals surface area contributed by atoms with Crippen molar-refractivity contribution >= 4 is 45.9 Å². The zero-order valence-electron chi connectivity index (χ0n) is 69.9. The van der Waals surface area contributed by atoms with Crippen LogP contribution in [0.1, 0.15) is 305 Å². The molecule has 0 fully saturated rings. The number of benzene rings is 2. The van der Waals surface area contributed by atoms with Gasteiger partial charge in [0.2, 0.25) is 0 Å². The number of carbonyl (C=O) groups excluding carboxylic acids is 5. The Bertz CT molecular complexity index is 2850. The van der Waals surface area contributed by atoms with E-state index in [1.165, 1.54) is 115 Å². The number of nitrogens with one attached hydrogen (secondary N) is 3. The molecule has 0 aliphatic heterocycles. The summed E-state index contributed by atoms with van der Waals surface area (Å²) in [6.45, 7) is 26.3. The number of amides is 3. The summed E-state index contributed by atoms with van der Waals surface area (Å²) < 4.78 is 99.7. The predicted molar refractivity (Wildman–Crippen MR) is 441 cm³/mol. The van der Waals surface area contributed by atoms with Gasteiger partial charge in [-0.05, 0) is 102 Å². The van der Waals surface area contributed by atoms with Gasteiger partial charge in [0.15, 0.2) is 0 Å². The molecule has 1 aliphatic carbocycles. The molecule has 0 saturated carbocycles. The van der Waals surface area contributed by atoms with E-state index in [4.69, 9.17) is 66.0 Å². The molecule has 2 aromatic carbocycles. The third kappa shape index (κ3) is 52.8. The van der Waals surface area contributed by atoms with E-state index in [9.17, 15) is 33.1 Å². The lowest BCUT2D eigenvalue weighted by molar-refractivity contribution is -0.151. The monoisotopic (exact) mass is 1610 g/mol. The van der Waals surface area contributed by atoms with Crippen LogP contribution in [0.3, 0.4) is 0 Å². The van der Waals surface area contributed by atoms with E-state index in [0.717, 1.165) is 112 Å². The van der Waals surface area contributed by atoms with Gasteiger partial charge in [0.1, 0.15) is 30.0 Å². The standard InChI is InChI=1S/C50H79N2O11P.C35H69N2O9P/c1-7-10-12-14-15-16-17-19-21-31-47(53)62-41(26-20-18-13-11-8-2)32-35-57-37-40(52-49(55)63-50(4,5)6)38-61-64(56,59-34-9-3)60-36-33-51-48(54)58-39-46-44-29-24-22-27-42(44)43-28-23-25-30-45(43)46;1-7-10-12-14-15-16-17-19-21-23-33(38)45-32(22-20-18-13-11-8-2)24-27-41-29-31(37-34(39)46-35(4,5)6)30-44-47(40,42-26-9-3)43-28-25-36/h9,22-25,27-30,40-41,46H,3,7-8,10-21,26,31-39H2,1-2,4-6H3,(H,51,54)(H,52,55);9,31-32H,3,7-8,10-30,36H2,1-2,4-6H3,(H,37,39)/t40-,41-,64?;31-,32-,47?/m11/s1. The number of phosphoric acid groups is 2. The van der Waals surface area contributed by atoms with E-state index < -0.39 is 57.2 Å². The molecule has 3 rings (SSSR count). The van der Waals surface area contributed by atoms with E-state index in [1.807, 2.05) is 36.4 Å². The van der Waals surface area contributed by atoms with Crippen molar-refractivity contribution in [1.82, 2.24) is 16.0 Å². The third-order valence-electron chi connectivity index (χ3n) is 18.0. The number of phosphoric ester groups is 2. The lowest BCUT2D eigenvalue weighted by Gasteiger charge is -2.25. The fourth-order valence-corrected chi connectivity index (χ4v) is 14.6. The molecule has 3 amide bonds. The summed E-state index contributed by atoms with van der Waals surface area (Å²) in [5.74, 6) is -0.430. The topological polar surface area (TPSA) is 302 Å². The molecule has 111 heavy (non-hydrogen) atoms. The average Bonchev–Trinajstić information content (AvgIpc) is 1.62. The minimum Gasteiger partial charge on any atom is -0.462 e. The van der Waals surface area contributed by atoms with Crippen LogP contribution < -0.4 is 21.7 Å². The Hall–Kier alpha value is -5.23. The normalized spacial score (nSPS) is 14.2.